The summed E-state index contributed by atoms with van der Waals surface area (Å²) >= 11 is 0. The zero-order valence-electron chi connectivity index (χ0n) is 66.1. The summed E-state index contributed by atoms with van der Waals surface area (Å²) in [5.41, 5.74) is 0. The Kier molecular flexibility index (Phi) is 74.9. The smallest absolute Gasteiger partial charge is 0.462 e. The van der Waals surface area contributed by atoms with Crippen LogP contribution in [0, 0.1) is 0 Å². The number of carbonyl (C=O) groups is 4. The van der Waals surface area contributed by atoms with Crippen LogP contribution < -0.4 is 0 Å². The summed E-state index contributed by atoms with van der Waals surface area (Å²) in [7, 11) is -9.93. The van der Waals surface area contributed by atoms with E-state index in [1.54, 1.807) is 0 Å². The van der Waals surface area contributed by atoms with Gasteiger partial charge in [-0.2, -0.15) is 0 Å². The van der Waals surface area contributed by atoms with E-state index in [0.717, 1.165) is 109 Å². The van der Waals surface area contributed by atoms with Crippen molar-refractivity contribution in [3.63, 3.8) is 0 Å². The first kappa shape index (κ1) is 99.5. The minimum absolute atomic E-state index is 0.103. The summed E-state index contributed by atoms with van der Waals surface area (Å²) in [5.74, 6) is -2.13. The number of phosphoric ester groups is 2. The van der Waals surface area contributed by atoms with Crippen LogP contribution in [0.4, 0.5) is 0 Å². The summed E-state index contributed by atoms with van der Waals surface area (Å²) in [6, 6.07) is 0. The molecular weight excluding hydrogens is 1330 g/mol. The van der Waals surface area contributed by atoms with E-state index in [2.05, 4.69) is 52.0 Å². The number of hydrogen-bond acceptors (Lipinski definition) is 15. The molecule has 19 heteroatoms. The number of aliphatic hydroxyl groups excluding tert-OH is 1. The molecule has 3 N–H and O–H groups in total. The third-order valence-electron chi connectivity index (χ3n) is 19.0. The van der Waals surface area contributed by atoms with E-state index in [1.165, 1.54) is 238 Å². The maximum atomic E-state index is 13.1. The molecule has 0 radical (unpaired) electrons. The van der Waals surface area contributed by atoms with Crippen LogP contribution in [0.3, 0.4) is 0 Å². The highest BCUT2D eigenvalue weighted by Gasteiger charge is 2.30. The molecule has 0 fully saturated rings. The lowest BCUT2D eigenvalue weighted by Crippen LogP contribution is -2.30. The molecule has 0 bridgehead atoms. The maximum absolute atomic E-state index is 13.1. The Labute approximate surface area is 624 Å². The van der Waals surface area contributed by atoms with E-state index in [9.17, 15) is 43.2 Å². The first-order valence-electron chi connectivity index (χ1n) is 42.6. The van der Waals surface area contributed by atoms with E-state index in [0.29, 0.717) is 25.7 Å². The van der Waals surface area contributed by atoms with Crippen LogP contribution in [-0.2, 0) is 65.4 Å². The fraction of sp³-hybridized carbons (Fsp3) is 0.904. The van der Waals surface area contributed by atoms with Crippen LogP contribution in [0.25, 0.3) is 0 Å². The molecule has 0 spiro atoms. The van der Waals surface area contributed by atoms with E-state index in [1.807, 2.05) is 0 Å². The topological polar surface area (TPSA) is 237 Å². The summed E-state index contributed by atoms with van der Waals surface area (Å²) in [6.45, 7) is 4.97. The Bertz CT molecular complexity index is 2020. The summed E-state index contributed by atoms with van der Waals surface area (Å²) in [6.07, 6.45) is 72.9. The number of rotatable bonds is 82. The van der Waals surface area contributed by atoms with Gasteiger partial charge >= 0.3 is 39.5 Å². The molecule has 17 nitrogen and oxygen atoms in total. The first-order valence-corrected chi connectivity index (χ1v) is 45.6. The maximum Gasteiger partial charge on any atom is 0.472 e. The van der Waals surface area contributed by atoms with Crippen molar-refractivity contribution in [2.75, 3.05) is 39.6 Å². The van der Waals surface area contributed by atoms with Gasteiger partial charge in [0.2, 0.25) is 0 Å². The predicted molar refractivity (Wildman–Crippen MR) is 418 cm³/mol. The van der Waals surface area contributed by atoms with E-state index in [-0.39, 0.29) is 25.7 Å². The van der Waals surface area contributed by atoms with Gasteiger partial charge in [-0.25, -0.2) is 9.13 Å². The van der Waals surface area contributed by atoms with Crippen molar-refractivity contribution in [2.24, 2.45) is 0 Å². The van der Waals surface area contributed by atoms with Gasteiger partial charge in [0.1, 0.15) is 19.3 Å². The van der Waals surface area contributed by atoms with Gasteiger partial charge in [-0.05, 0) is 51.4 Å². The number of hydrogen-bond donors (Lipinski definition) is 3. The number of phosphoric acid groups is 2. The predicted octanol–water partition coefficient (Wildman–Crippen LogP) is 24.9. The molecular formula is C83H158O17P2. The number of esters is 4. The van der Waals surface area contributed by atoms with Crippen molar-refractivity contribution in [2.45, 2.75) is 444 Å². The lowest BCUT2D eigenvalue weighted by atomic mass is 10.0. The largest absolute Gasteiger partial charge is 0.472 e. The molecule has 2 unspecified atom stereocenters. The van der Waals surface area contributed by atoms with Crippen molar-refractivity contribution < 1.29 is 80.2 Å². The van der Waals surface area contributed by atoms with E-state index < -0.39 is 97.5 Å². The highest BCUT2D eigenvalue weighted by atomic mass is 31.2. The van der Waals surface area contributed by atoms with Crippen LogP contribution in [0.2, 0.25) is 0 Å². The van der Waals surface area contributed by atoms with Gasteiger partial charge in [0.25, 0.3) is 0 Å². The van der Waals surface area contributed by atoms with Crippen molar-refractivity contribution in [1.82, 2.24) is 0 Å². The molecule has 0 aliphatic rings. The van der Waals surface area contributed by atoms with Crippen molar-refractivity contribution in [3.05, 3.63) is 24.3 Å². The van der Waals surface area contributed by atoms with Gasteiger partial charge < -0.3 is 33.8 Å². The van der Waals surface area contributed by atoms with Crippen LogP contribution in [0.5, 0.6) is 0 Å². The van der Waals surface area contributed by atoms with Crippen molar-refractivity contribution >= 4 is 39.5 Å². The number of aliphatic hydroxyl groups is 1. The molecule has 0 aliphatic heterocycles. The zero-order valence-corrected chi connectivity index (χ0v) is 67.9. The quantitative estimate of drug-likeness (QED) is 0.0169. The minimum Gasteiger partial charge on any atom is -0.462 e. The lowest BCUT2D eigenvalue weighted by Gasteiger charge is -2.21. The molecule has 0 aromatic rings. The number of unbranched alkanes of at least 4 members (excludes halogenated alkanes) is 53. The number of ether oxygens (including phenoxy) is 4. The van der Waals surface area contributed by atoms with Crippen LogP contribution >= 0.6 is 15.6 Å². The van der Waals surface area contributed by atoms with Crippen molar-refractivity contribution in [1.29, 1.82) is 0 Å². The summed E-state index contributed by atoms with van der Waals surface area (Å²) in [5, 5.41) is 10.7. The Morgan fingerprint density at radius 3 is 0.716 bits per heavy atom. The van der Waals surface area contributed by atoms with E-state index >= 15 is 0 Å². The third kappa shape index (κ3) is 75.8. The molecule has 602 valence electrons. The molecule has 5 atom stereocenters. The molecule has 0 aromatic carbocycles. The Morgan fingerprint density at radius 2 is 0.471 bits per heavy atom. The van der Waals surface area contributed by atoms with Crippen LogP contribution in [0.15, 0.2) is 24.3 Å². The van der Waals surface area contributed by atoms with E-state index in [4.69, 9.17) is 37.0 Å². The standard InChI is InChI=1S/C83H158O17P2/c1-5-9-13-17-21-25-29-33-36-37-38-39-40-41-43-46-50-54-58-62-66-70-83(88)100-79(74-94-81(86)68-64-60-56-52-48-45-42-34-30-26-22-18-14-10-6-2)76-98-102(91,92)96-72-77(84)71-95-101(89,90)97-75-78(73-93-80(85)67-63-59-55-51-47-32-28-24-20-16-12-8-4)99-82(87)69-65-61-57-53-49-44-35-31-27-23-19-15-11-7-3/h26,30,34,42,77-79,84H,5-25,27-29,31-33,35-41,43-76H2,1-4H3,(H,89,90)(H,91,92)/b30-26-,42-34-/t77-,78+,79+/m0/s1. The van der Waals surface area contributed by atoms with Gasteiger partial charge in [-0.3, -0.25) is 37.3 Å². The normalized spacial score (nSPS) is 13.9. The Hall–Kier alpha value is -2.46. The minimum atomic E-state index is -4.97. The highest BCUT2D eigenvalue weighted by molar-refractivity contribution is 7.47. The molecule has 0 aromatic heterocycles. The van der Waals surface area contributed by atoms with Gasteiger partial charge in [-0.1, -0.05) is 373 Å². The Balaban J connectivity index is 5.26. The number of allylic oxidation sites excluding steroid dienone is 4. The average molecular weight is 1490 g/mol. The fourth-order valence-corrected chi connectivity index (χ4v) is 14.0. The second-order valence-electron chi connectivity index (χ2n) is 29.2. The second-order valence-corrected chi connectivity index (χ2v) is 32.1. The van der Waals surface area contributed by atoms with Crippen LogP contribution in [0.1, 0.15) is 426 Å². The van der Waals surface area contributed by atoms with Crippen molar-refractivity contribution in [3.8, 4) is 0 Å². The molecule has 0 saturated carbocycles. The van der Waals surface area contributed by atoms with Gasteiger partial charge in [0, 0.05) is 25.7 Å². The number of carbonyl (C=O) groups excluding carboxylic acids is 4. The SMILES string of the molecule is CCCCCC/C=C\C=C/CCCCCCCC(=O)OC[C@H](COP(=O)(O)OC[C@@H](O)COP(=O)(O)OC[C@@H](COC(=O)CCCCCCCCCCCCCC)OC(=O)CCCCCCCCCCCCCCCC)OC(=O)CCCCCCCCCCCCCCCCCCCCCCC. The summed E-state index contributed by atoms with van der Waals surface area (Å²) < 4.78 is 68.7. The highest BCUT2D eigenvalue weighted by Crippen LogP contribution is 2.45. The molecule has 102 heavy (non-hydrogen) atoms. The monoisotopic (exact) mass is 1490 g/mol. The van der Waals surface area contributed by atoms with Gasteiger partial charge in [-0.15, -0.1) is 0 Å². The van der Waals surface area contributed by atoms with Gasteiger partial charge in [0.15, 0.2) is 12.2 Å². The first-order chi connectivity index (χ1) is 49.7. The average Bonchev–Trinajstić information content (AvgIpc) is 0.930. The third-order valence-corrected chi connectivity index (χ3v) is 20.9. The Morgan fingerprint density at radius 1 is 0.275 bits per heavy atom. The molecule has 0 heterocycles. The van der Waals surface area contributed by atoms with Crippen LogP contribution in [-0.4, -0.2) is 96.7 Å². The lowest BCUT2D eigenvalue weighted by molar-refractivity contribution is -0.161. The summed E-state index contributed by atoms with van der Waals surface area (Å²) in [4.78, 5) is 73.1. The molecule has 0 rings (SSSR count). The molecule has 0 amide bonds. The fourth-order valence-electron chi connectivity index (χ4n) is 12.5. The second kappa shape index (κ2) is 76.7. The molecule has 0 saturated heterocycles. The zero-order chi connectivity index (χ0) is 74.6. The molecule has 0 aliphatic carbocycles. The van der Waals surface area contributed by atoms with Gasteiger partial charge in [0.05, 0.1) is 26.4 Å².